The summed E-state index contributed by atoms with van der Waals surface area (Å²) >= 11 is 6.11. The molecule has 4 aliphatic rings. The van der Waals surface area contributed by atoms with Crippen LogP contribution in [0.25, 0.3) is 11.1 Å². The van der Waals surface area contributed by atoms with Crippen molar-refractivity contribution in [1.82, 2.24) is 25.2 Å². The van der Waals surface area contributed by atoms with Crippen LogP contribution in [0.1, 0.15) is 91.9 Å². The number of amides is 4. The number of fused-ring (bicyclic) bond motifs is 3. The van der Waals surface area contributed by atoms with Crippen LogP contribution in [0, 0.1) is 11.8 Å². The third kappa shape index (κ3) is 8.14. The Morgan fingerprint density at radius 1 is 1.10 bits per heavy atom. The number of oxazole rings is 1. The lowest BCUT2D eigenvalue weighted by Crippen LogP contribution is -2.58. The van der Waals surface area contributed by atoms with Gasteiger partial charge in [0, 0.05) is 11.4 Å². The van der Waals surface area contributed by atoms with Crippen molar-refractivity contribution in [3.05, 3.63) is 23.2 Å². The zero-order valence-electron chi connectivity index (χ0n) is 28.8. The van der Waals surface area contributed by atoms with Gasteiger partial charge in [-0.15, -0.1) is 0 Å². The molecule has 0 spiro atoms. The molecule has 50 heavy (non-hydrogen) atoms. The second-order valence-electron chi connectivity index (χ2n) is 15.2. The molecule has 2 saturated carbocycles. The highest BCUT2D eigenvalue weighted by atomic mass is 35.5. The molecule has 1 aromatic heterocycles. The number of nitrogens with zero attached hydrogens (tertiary/aromatic N) is 2. The summed E-state index contributed by atoms with van der Waals surface area (Å²) in [5.74, 6) is -2.12. The maximum Gasteiger partial charge on any atom is 0.408 e. The van der Waals surface area contributed by atoms with Gasteiger partial charge in [-0.3, -0.25) is 19.1 Å². The highest BCUT2D eigenvalue weighted by molar-refractivity contribution is 7.91. The number of carbonyl (C=O) groups excluding carboxylic acids is 4. The number of hydrogen-bond acceptors (Lipinski definition) is 10. The van der Waals surface area contributed by atoms with Gasteiger partial charge in [0.1, 0.15) is 34.8 Å². The SMILES string of the molecule is CC1CCCCCC[C@H](NC(=O)OC(C)(C)C)C(=O)N2C[C@H](Oc3nc4cc(Cl)ccc4o3)C[C@H]2C(=O)N[C@]2(C(=O)NS(=O)(=O)C3CC3)C[C@@H]12. The number of rotatable bonds is 6. The van der Waals surface area contributed by atoms with Crippen LogP contribution in [0.4, 0.5) is 4.79 Å². The maximum atomic E-state index is 14.3. The minimum absolute atomic E-state index is 0.0223. The van der Waals surface area contributed by atoms with Crippen molar-refractivity contribution in [2.24, 2.45) is 11.8 Å². The van der Waals surface area contributed by atoms with Gasteiger partial charge in [0.15, 0.2) is 5.58 Å². The molecule has 0 radical (unpaired) electrons. The van der Waals surface area contributed by atoms with Crippen LogP contribution in [0.15, 0.2) is 22.6 Å². The largest absolute Gasteiger partial charge is 0.445 e. The Morgan fingerprint density at radius 2 is 1.82 bits per heavy atom. The monoisotopic (exact) mass is 735 g/mol. The first kappa shape index (κ1) is 36.2. The van der Waals surface area contributed by atoms with Crippen molar-refractivity contribution in [1.29, 1.82) is 0 Å². The van der Waals surface area contributed by atoms with Crippen LogP contribution in [0.5, 0.6) is 6.08 Å². The molecule has 2 aliphatic carbocycles. The summed E-state index contributed by atoms with van der Waals surface area (Å²) in [6, 6.07) is 2.82. The number of benzene rings is 1. The van der Waals surface area contributed by atoms with E-state index in [4.69, 9.17) is 25.5 Å². The first-order valence-electron chi connectivity index (χ1n) is 17.5. The fraction of sp³-hybridized carbons (Fsp3) is 0.676. The van der Waals surface area contributed by atoms with Gasteiger partial charge in [0.05, 0.1) is 11.8 Å². The second-order valence-corrected chi connectivity index (χ2v) is 17.6. The molecule has 0 bridgehead atoms. The van der Waals surface area contributed by atoms with Gasteiger partial charge in [-0.05, 0) is 76.5 Å². The molecule has 4 amide bonds. The van der Waals surface area contributed by atoms with Crippen LogP contribution in [0.2, 0.25) is 5.02 Å². The van der Waals surface area contributed by atoms with E-state index >= 15 is 0 Å². The molecule has 6 rings (SSSR count). The molecule has 2 aromatic rings. The zero-order valence-corrected chi connectivity index (χ0v) is 30.4. The lowest BCUT2D eigenvalue weighted by atomic mass is 9.94. The Hall–Kier alpha value is -3.59. The zero-order chi connectivity index (χ0) is 36.0. The summed E-state index contributed by atoms with van der Waals surface area (Å²) in [5.41, 5.74) is -1.33. The molecule has 14 nitrogen and oxygen atoms in total. The van der Waals surface area contributed by atoms with E-state index in [2.05, 4.69) is 20.3 Å². The van der Waals surface area contributed by atoms with Gasteiger partial charge in [-0.25, -0.2) is 13.2 Å². The molecular formula is C34H46ClN5O9S. The summed E-state index contributed by atoms with van der Waals surface area (Å²) in [4.78, 5) is 61.0. The quantitative estimate of drug-likeness (QED) is 0.388. The Labute approximate surface area is 296 Å². The van der Waals surface area contributed by atoms with E-state index < -0.39 is 68.4 Å². The number of halogens is 1. The van der Waals surface area contributed by atoms with Crippen LogP contribution >= 0.6 is 11.6 Å². The van der Waals surface area contributed by atoms with Crippen molar-refractivity contribution >= 4 is 56.5 Å². The van der Waals surface area contributed by atoms with Gasteiger partial charge in [-0.2, -0.15) is 4.98 Å². The third-order valence-electron chi connectivity index (χ3n) is 9.99. The maximum absolute atomic E-state index is 14.3. The molecule has 6 atom stereocenters. The number of alkyl carbamates (subject to hydrolysis) is 1. The van der Waals surface area contributed by atoms with Crippen molar-refractivity contribution in [2.45, 2.75) is 126 Å². The summed E-state index contributed by atoms with van der Waals surface area (Å²) in [6.45, 7) is 7.14. The first-order valence-corrected chi connectivity index (χ1v) is 19.4. The van der Waals surface area contributed by atoms with Gasteiger partial charge < -0.3 is 29.4 Å². The topological polar surface area (TPSA) is 186 Å². The van der Waals surface area contributed by atoms with Crippen molar-refractivity contribution in [3.8, 4) is 6.08 Å². The van der Waals surface area contributed by atoms with Crippen molar-refractivity contribution < 1.29 is 41.5 Å². The number of sulfonamides is 1. The molecule has 2 aliphatic heterocycles. The van der Waals surface area contributed by atoms with Crippen molar-refractivity contribution in [3.63, 3.8) is 0 Å². The van der Waals surface area contributed by atoms with E-state index in [9.17, 15) is 27.6 Å². The van der Waals surface area contributed by atoms with Crippen molar-refractivity contribution in [2.75, 3.05) is 6.54 Å². The minimum Gasteiger partial charge on any atom is -0.445 e. The predicted molar refractivity (Wildman–Crippen MR) is 183 cm³/mol. The molecule has 16 heteroatoms. The number of hydrogen-bond donors (Lipinski definition) is 3. The molecule has 4 fully saturated rings. The van der Waals surface area contributed by atoms with E-state index in [0.29, 0.717) is 41.8 Å². The Balaban J connectivity index is 1.29. The van der Waals surface area contributed by atoms with Crippen LogP contribution in [-0.2, 0) is 29.1 Å². The summed E-state index contributed by atoms with van der Waals surface area (Å²) in [7, 11) is -3.88. The summed E-state index contributed by atoms with van der Waals surface area (Å²) in [5, 5.41) is 5.48. The molecular weight excluding hydrogens is 690 g/mol. The molecule has 274 valence electrons. The Morgan fingerprint density at radius 3 is 2.52 bits per heavy atom. The highest BCUT2D eigenvalue weighted by Crippen LogP contribution is 2.51. The fourth-order valence-corrected chi connectivity index (χ4v) is 8.68. The van der Waals surface area contributed by atoms with E-state index in [-0.39, 0.29) is 37.3 Å². The average Bonchev–Trinajstić information content (AvgIpc) is 3.92. The van der Waals surface area contributed by atoms with E-state index in [1.54, 1.807) is 39.0 Å². The molecule has 2 saturated heterocycles. The fourth-order valence-electron chi connectivity index (χ4n) is 7.15. The number of carbonyl (C=O) groups is 4. The highest BCUT2D eigenvalue weighted by Gasteiger charge is 2.64. The summed E-state index contributed by atoms with van der Waals surface area (Å²) < 4.78 is 45.2. The van der Waals surface area contributed by atoms with E-state index in [1.807, 2.05) is 6.92 Å². The first-order chi connectivity index (χ1) is 23.5. The number of nitrogens with one attached hydrogen (secondary N) is 3. The molecule has 3 N–H and O–H groups in total. The molecule has 3 heterocycles. The molecule has 1 aromatic carbocycles. The van der Waals surface area contributed by atoms with Gasteiger partial charge in [0.25, 0.3) is 5.91 Å². The second kappa shape index (κ2) is 13.9. The van der Waals surface area contributed by atoms with E-state index in [1.165, 1.54) is 4.90 Å². The smallest absolute Gasteiger partial charge is 0.408 e. The van der Waals surface area contributed by atoms with E-state index in [0.717, 1.165) is 25.7 Å². The predicted octanol–water partition coefficient (Wildman–Crippen LogP) is 4.20. The van der Waals surface area contributed by atoms with Gasteiger partial charge >= 0.3 is 12.2 Å². The summed E-state index contributed by atoms with van der Waals surface area (Å²) in [6.07, 6.45) is 3.97. The average molecular weight is 736 g/mol. The standard InChI is InChI=1S/C34H46ClN5O9S/c1-19-9-7-5-6-8-10-24(36-31(44)49-33(2,3)4)29(42)40-18-21(47-32-37-25-15-20(35)11-14-27(25)48-32)16-26(40)28(41)38-34(17-23(19)34)30(43)39-50(45,46)22-12-13-22/h11,14-15,19,21-24,26H,5-10,12-13,16-18H2,1-4H3,(H,36,44)(H,38,41)(H,39,43)/t19?,21-,23+,24+,26+,34-/m1/s1. The normalized spacial score (nSPS) is 29.5. The van der Waals surface area contributed by atoms with Crippen LogP contribution in [0.3, 0.4) is 0 Å². The van der Waals surface area contributed by atoms with Crippen LogP contribution in [-0.4, -0.2) is 83.2 Å². The Kier molecular flexibility index (Phi) is 10.0. The third-order valence-corrected chi connectivity index (χ3v) is 12.0. The van der Waals surface area contributed by atoms with Gasteiger partial charge in [-0.1, -0.05) is 50.6 Å². The lowest BCUT2D eigenvalue weighted by Gasteiger charge is -2.30. The Bertz CT molecular complexity index is 1760. The van der Waals surface area contributed by atoms with Gasteiger partial charge in [0.2, 0.25) is 21.8 Å². The molecule has 1 unspecified atom stereocenters. The van der Waals surface area contributed by atoms with Crippen LogP contribution < -0.4 is 20.1 Å². The number of ether oxygens (including phenoxy) is 2. The number of aromatic nitrogens is 1. The minimum atomic E-state index is -3.88. The lowest BCUT2D eigenvalue weighted by molar-refractivity contribution is -0.141.